The lowest BCUT2D eigenvalue weighted by molar-refractivity contribution is -0.984. The van der Waals surface area contributed by atoms with Gasteiger partial charge in [0.2, 0.25) is 0 Å². The standard InChI is InChI=1S/C26H29N2O.ClH/c1-2-20-18-28(17-19-8-4-3-5-9-19)15-13-21(20)16-25(28)26(29)23-12-14-27-24-11-7-6-10-22(23)24;/h2-12,14,20-21,25-26,29H,1,13,15-18H2;1H/q+1;/p-1/t20-,21-,25?,26+,28+;/m0./s1. The molecule has 0 spiro atoms. The van der Waals surface area contributed by atoms with Gasteiger partial charge in [0.05, 0.1) is 18.6 Å². The number of aliphatic hydroxyl groups excluding tert-OH is 1. The molecule has 3 fully saturated rings. The Bertz CT molecular complexity index is 1020. The number of halogens is 1. The Labute approximate surface area is 185 Å². The molecule has 30 heavy (non-hydrogen) atoms. The first kappa shape index (κ1) is 21.0. The van der Waals surface area contributed by atoms with Gasteiger partial charge >= 0.3 is 0 Å². The first-order valence-electron chi connectivity index (χ1n) is 10.7. The van der Waals surface area contributed by atoms with Crippen molar-refractivity contribution in [1.29, 1.82) is 0 Å². The van der Waals surface area contributed by atoms with E-state index in [2.05, 4.69) is 54.0 Å². The van der Waals surface area contributed by atoms with Gasteiger partial charge in [0.15, 0.2) is 0 Å². The number of piperidine rings is 3. The molecule has 156 valence electrons. The van der Waals surface area contributed by atoms with Crippen molar-refractivity contribution in [2.24, 2.45) is 11.8 Å². The van der Waals surface area contributed by atoms with E-state index in [4.69, 9.17) is 0 Å². The second kappa shape index (κ2) is 8.50. The van der Waals surface area contributed by atoms with Gasteiger partial charge in [-0.25, -0.2) is 0 Å². The van der Waals surface area contributed by atoms with Crippen LogP contribution in [0.25, 0.3) is 10.9 Å². The number of hydrogen-bond acceptors (Lipinski definition) is 2. The van der Waals surface area contributed by atoms with Crippen LogP contribution < -0.4 is 12.4 Å². The molecule has 4 heteroatoms. The summed E-state index contributed by atoms with van der Waals surface area (Å²) in [5.41, 5.74) is 3.33. The van der Waals surface area contributed by atoms with Gasteiger partial charge in [-0.3, -0.25) is 4.98 Å². The monoisotopic (exact) mass is 420 g/mol. The zero-order chi connectivity index (χ0) is 19.8. The number of hydrogen-bond donors (Lipinski definition) is 1. The Balaban J connectivity index is 0.00000218. The van der Waals surface area contributed by atoms with Crippen LogP contribution in [0.5, 0.6) is 0 Å². The predicted octanol–water partition coefficient (Wildman–Crippen LogP) is 1.88. The number of fused-ring (bicyclic) bond motifs is 4. The van der Waals surface area contributed by atoms with Gasteiger partial charge in [-0.2, -0.15) is 0 Å². The molecule has 5 atom stereocenters. The number of pyridine rings is 1. The Kier molecular flexibility index (Phi) is 5.97. The van der Waals surface area contributed by atoms with Crippen molar-refractivity contribution in [3.8, 4) is 0 Å². The van der Waals surface area contributed by atoms with E-state index in [0.29, 0.717) is 11.8 Å². The summed E-state index contributed by atoms with van der Waals surface area (Å²) in [4.78, 5) is 4.50. The molecule has 3 saturated heterocycles. The van der Waals surface area contributed by atoms with E-state index in [9.17, 15) is 5.11 Å². The van der Waals surface area contributed by atoms with Gasteiger partial charge in [-0.1, -0.05) is 54.6 Å². The number of quaternary nitrogens is 1. The summed E-state index contributed by atoms with van der Waals surface area (Å²) in [7, 11) is 0. The fraction of sp³-hybridized carbons (Fsp3) is 0.346. The summed E-state index contributed by atoms with van der Waals surface area (Å²) in [6, 6.07) is 21.2. The molecule has 1 N–H and O–H groups in total. The molecule has 0 saturated carbocycles. The molecule has 0 radical (unpaired) electrons. The third kappa shape index (κ3) is 3.56. The average molecular weight is 421 g/mol. The van der Waals surface area contributed by atoms with Gasteiger partial charge in [-0.05, 0) is 23.6 Å². The highest BCUT2D eigenvalue weighted by atomic mass is 35.5. The van der Waals surface area contributed by atoms with Crippen LogP contribution in [0.15, 0.2) is 79.5 Å². The molecule has 1 unspecified atom stereocenters. The Morgan fingerprint density at radius 2 is 1.87 bits per heavy atom. The highest BCUT2D eigenvalue weighted by Gasteiger charge is 2.53. The van der Waals surface area contributed by atoms with Crippen LogP contribution in [0.3, 0.4) is 0 Å². The second-order valence-electron chi connectivity index (χ2n) is 8.88. The van der Waals surface area contributed by atoms with Crippen LogP contribution in [0, 0.1) is 11.8 Å². The largest absolute Gasteiger partial charge is 1.00 e. The first-order chi connectivity index (χ1) is 14.2. The molecule has 1 aromatic heterocycles. The van der Waals surface area contributed by atoms with Crippen LogP contribution in [-0.2, 0) is 6.54 Å². The average Bonchev–Trinajstić information content (AvgIpc) is 2.78. The Hall–Kier alpha value is -2.20. The van der Waals surface area contributed by atoms with Crippen molar-refractivity contribution >= 4 is 10.9 Å². The van der Waals surface area contributed by atoms with Crippen LogP contribution in [0.1, 0.15) is 30.1 Å². The number of para-hydroxylation sites is 1. The summed E-state index contributed by atoms with van der Waals surface area (Å²) in [6.45, 7) is 7.32. The second-order valence-corrected chi connectivity index (χ2v) is 8.88. The van der Waals surface area contributed by atoms with E-state index >= 15 is 0 Å². The molecular weight excluding hydrogens is 392 g/mol. The Morgan fingerprint density at radius 3 is 2.67 bits per heavy atom. The van der Waals surface area contributed by atoms with Gasteiger partial charge in [0.25, 0.3) is 0 Å². The molecule has 4 heterocycles. The third-order valence-corrected chi connectivity index (χ3v) is 7.38. The molecule has 3 aliphatic heterocycles. The quantitative estimate of drug-likeness (QED) is 0.505. The lowest BCUT2D eigenvalue weighted by atomic mass is 9.71. The fourth-order valence-electron chi connectivity index (χ4n) is 5.91. The minimum Gasteiger partial charge on any atom is -1.00 e. The van der Waals surface area contributed by atoms with Gasteiger partial charge in [0.1, 0.15) is 18.7 Å². The summed E-state index contributed by atoms with van der Waals surface area (Å²) >= 11 is 0. The summed E-state index contributed by atoms with van der Waals surface area (Å²) in [6.07, 6.45) is 5.79. The van der Waals surface area contributed by atoms with Crippen LogP contribution in [0.4, 0.5) is 0 Å². The van der Waals surface area contributed by atoms with E-state index in [-0.39, 0.29) is 18.4 Å². The number of benzene rings is 2. The maximum Gasteiger partial charge on any atom is 0.131 e. The molecule has 0 amide bonds. The molecule has 6 rings (SSSR count). The Morgan fingerprint density at radius 1 is 1.10 bits per heavy atom. The van der Waals surface area contributed by atoms with E-state index < -0.39 is 6.10 Å². The summed E-state index contributed by atoms with van der Waals surface area (Å²) in [5, 5.41) is 12.8. The molecule has 0 aliphatic carbocycles. The van der Waals surface area contributed by atoms with Crippen LogP contribution in [0.2, 0.25) is 0 Å². The van der Waals surface area contributed by atoms with E-state index in [0.717, 1.165) is 47.0 Å². The highest BCUT2D eigenvalue weighted by molar-refractivity contribution is 5.82. The molecule has 2 aromatic carbocycles. The zero-order valence-electron chi connectivity index (χ0n) is 17.2. The van der Waals surface area contributed by atoms with Crippen molar-refractivity contribution in [2.45, 2.75) is 31.5 Å². The van der Waals surface area contributed by atoms with E-state index in [1.807, 2.05) is 30.5 Å². The van der Waals surface area contributed by atoms with Gasteiger partial charge < -0.3 is 22.0 Å². The normalized spacial score (nSPS) is 28.6. The molecule has 2 bridgehead atoms. The number of aliphatic hydroxyl groups is 1. The fourth-order valence-corrected chi connectivity index (χ4v) is 5.91. The maximum atomic E-state index is 11.7. The van der Waals surface area contributed by atoms with Crippen LogP contribution in [-0.4, -0.2) is 33.7 Å². The lowest BCUT2D eigenvalue weighted by Gasteiger charge is -2.58. The SMILES string of the molecule is C=C[C@H]1C[N@+]2(Cc3ccccc3)CC[C@H]1CC2[C@H](O)c1ccnc2ccccc12.[Cl-]. The van der Waals surface area contributed by atoms with Crippen molar-refractivity contribution in [1.82, 2.24) is 4.98 Å². The van der Waals surface area contributed by atoms with Crippen molar-refractivity contribution in [3.63, 3.8) is 0 Å². The number of aromatic nitrogens is 1. The first-order valence-corrected chi connectivity index (χ1v) is 10.7. The highest BCUT2D eigenvalue weighted by Crippen LogP contribution is 2.47. The minimum absolute atomic E-state index is 0. The predicted molar refractivity (Wildman–Crippen MR) is 117 cm³/mol. The topological polar surface area (TPSA) is 33.1 Å². The van der Waals surface area contributed by atoms with Crippen molar-refractivity contribution in [3.05, 3.63) is 90.6 Å². The number of nitrogens with zero attached hydrogens (tertiary/aromatic N) is 2. The third-order valence-electron chi connectivity index (χ3n) is 7.38. The van der Waals surface area contributed by atoms with E-state index in [1.165, 1.54) is 12.0 Å². The van der Waals surface area contributed by atoms with Crippen LogP contribution >= 0.6 is 0 Å². The molecule has 3 nitrogen and oxygen atoms in total. The van der Waals surface area contributed by atoms with Gasteiger partial charge in [-0.15, -0.1) is 6.58 Å². The lowest BCUT2D eigenvalue weighted by Crippen LogP contribution is -3.00. The number of rotatable bonds is 5. The van der Waals surface area contributed by atoms with Crippen molar-refractivity contribution in [2.75, 3.05) is 13.1 Å². The van der Waals surface area contributed by atoms with Crippen molar-refractivity contribution < 1.29 is 22.0 Å². The maximum absolute atomic E-state index is 11.7. The van der Waals surface area contributed by atoms with E-state index in [1.54, 1.807) is 0 Å². The summed E-state index contributed by atoms with van der Waals surface area (Å²) < 4.78 is 0.953. The molecular formula is C26H29ClN2O. The molecule has 3 aliphatic rings. The summed E-state index contributed by atoms with van der Waals surface area (Å²) in [5.74, 6) is 1.18. The van der Waals surface area contributed by atoms with Gasteiger partial charge in [0, 0.05) is 35.9 Å². The smallest absolute Gasteiger partial charge is 0.131 e. The zero-order valence-corrected chi connectivity index (χ0v) is 18.0. The molecule has 3 aromatic rings. The minimum atomic E-state index is -0.486.